The summed E-state index contributed by atoms with van der Waals surface area (Å²) in [7, 11) is 0. The van der Waals surface area contributed by atoms with Crippen molar-refractivity contribution in [3.8, 4) is 0 Å². The molecule has 0 aliphatic carbocycles. The molecule has 0 aliphatic rings. The fourth-order valence-electron chi connectivity index (χ4n) is 1.72. The first-order valence-electron chi connectivity index (χ1n) is 6.76. The Bertz CT molecular complexity index is 746. The summed E-state index contributed by atoms with van der Waals surface area (Å²) in [6.07, 6.45) is -3.03. The average Bonchev–Trinajstić information content (AvgIpc) is 2.54. The average molecular weight is 416 g/mol. The highest BCUT2D eigenvalue weighted by molar-refractivity contribution is 9.10. The van der Waals surface area contributed by atoms with Crippen molar-refractivity contribution in [3.05, 3.63) is 69.7 Å². The van der Waals surface area contributed by atoms with Gasteiger partial charge in [0.05, 0.1) is 11.8 Å². The van der Waals surface area contributed by atoms with E-state index in [2.05, 4.69) is 26.1 Å². The van der Waals surface area contributed by atoms with Gasteiger partial charge in [0.2, 0.25) is 0 Å². The smallest absolute Gasteiger partial charge is 0.377 e. The molecule has 2 N–H and O–H groups in total. The standard InChI is InChI=1S/C16H13BrF3N3S/c17-14-8-13(16(18,19)20)7-6-12(14)9-22-23-15(21)24-10-11-4-2-1-3-5-11/h1-9H,10H2,(H2,21,23). The summed E-state index contributed by atoms with van der Waals surface area (Å²) in [6, 6.07) is 13.1. The van der Waals surface area contributed by atoms with Gasteiger partial charge in [-0.3, -0.25) is 0 Å². The monoisotopic (exact) mass is 415 g/mol. The number of amidine groups is 1. The van der Waals surface area contributed by atoms with Gasteiger partial charge in [0.15, 0.2) is 5.17 Å². The molecule has 8 heteroatoms. The number of hydrogen-bond acceptors (Lipinski definition) is 3. The van der Waals surface area contributed by atoms with Crippen LogP contribution in [0.1, 0.15) is 16.7 Å². The largest absolute Gasteiger partial charge is 0.416 e. The van der Waals surface area contributed by atoms with Crippen LogP contribution in [0.3, 0.4) is 0 Å². The van der Waals surface area contributed by atoms with E-state index in [4.69, 9.17) is 5.73 Å². The summed E-state index contributed by atoms with van der Waals surface area (Å²) in [5.74, 6) is 0.662. The summed E-state index contributed by atoms with van der Waals surface area (Å²) in [4.78, 5) is 0. The molecule has 0 fully saturated rings. The minimum absolute atomic E-state index is 0.276. The first-order valence-corrected chi connectivity index (χ1v) is 8.54. The molecule has 24 heavy (non-hydrogen) atoms. The quantitative estimate of drug-likeness (QED) is 0.431. The van der Waals surface area contributed by atoms with Crippen LogP contribution in [0.15, 0.2) is 63.2 Å². The summed E-state index contributed by atoms with van der Waals surface area (Å²) in [5, 5.41) is 7.92. The molecule has 0 saturated carbocycles. The minimum Gasteiger partial charge on any atom is -0.377 e. The number of alkyl halides is 3. The Balaban J connectivity index is 1.97. The second kappa shape index (κ2) is 8.34. The fraction of sp³-hybridized carbons (Fsp3) is 0.125. The number of benzene rings is 2. The minimum atomic E-state index is -4.38. The van der Waals surface area contributed by atoms with Crippen LogP contribution in [-0.4, -0.2) is 11.4 Å². The highest BCUT2D eigenvalue weighted by Gasteiger charge is 2.30. The summed E-state index contributed by atoms with van der Waals surface area (Å²) >= 11 is 4.42. The lowest BCUT2D eigenvalue weighted by Gasteiger charge is -2.07. The van der Waals surface area contributed by atoms with Crippen molar-refractivity contribution in [3.63, 3.8) is 0 Å². The maximum Gasteiger partial charge on any atom is 0.416 e. The van der Waals surface area contributed by atoms with E-state index >= 15 is 0 Å². The molecule has 0 saturated heterocycles. The fourth-order valence-corrected chi connectivity index (χ4v) is 2.81. The van der Waals surface area contributed by atoms with Gasteiger partial charge in [0.1, 0.15) is 0 Å². The summed E-state index contributed by atoms with van der Waals surface area (Å²) < 4.78 is 38.0. The Hall–Kier alpha value is -1.80. The first kappa shape index (κ1) is 18.5. The van der Waals surface area contributed by atoms with Crippen LogP contribution in [0.4, 0.5) is 13.2 Å². The van der Waals surface area contributed by atoms with Crippen LogP contribution in [0.2, 0.25) is 0 Å². The number of halogens is 4. The molecule has 0 amide bonds. The van der Waals surface area contributed by atoms with Gasteiger partial charge in [-0.25, -0.2) is 0 Å². The molecule has 2 rings (SSSR count). The summed E-state index contributed by atoms with van der Waals surface area (Å²) in [6.45, 7) is 0. The van der Waals surface area contributed by atoms with Crippen molar-refractivity contribution >= 4 is 39.1 Å². The predicted octanol–water partition coefficient (Wildman–Crippen LogP) is 5.05. The van der Waals surface area contributed by atoms with Gasteiger partial charge < -0.3 is 5.73 Å². The SMILES string of the molecule is NC(=NN=Cc1ccc(C(F)(F)F)cc1Br)SCc1ccccc1. The molecule has 0 unspecified atom stereocenters. The maximum atomic E-state index is 12.6. The number of nitrogens with zero attached hydrogens (tertiary/aromatic N) is 2. The van der Waals surface area contributed by atoms with Gasteiger partial charge in [-0.15, -0.1) is 5.10 Å². The van der Waals surface area contributed by atoms with Gasteiger partial charge in [-0.1, -0.05) is 64.1 Å². The lowest BCUT2D eigenvalue weighted by Crippen LogP contribution is -2.06. The van der Waals surface area contributed by atoms with Crippen LogP contribution in [0, 0.1) is 0 Å². The second-order valence-electron chi connectivity index (χ2n) is 4.69. The van der Waals surface area contributed by atoms with Crippen molar-refractivity contribution < 1.29 is 13.2 Å². The molecule has 126 valence electrons. The molecule has 2 aromatic rings. The van der Waals surface area contributed by atoms with Crippen LogP contribution in [-0.2, 0) is 11.9 Å². The van der Waals surface area contributed by atoms with Crippen LogP contribution >= 0.6 is 27.7 Å². The summed E-state index contributed by atoms with van der Waals surface area (Å²) in [5.41, 5.74) is 6.60. The number of nitrogens with two attached hydrogens (primary N) is 1. The van der Waals surface area contributed by atoms with E-state index in [0.29, 0.717) is 11.3 Å². The molecule has 0 aromatic heterocycles. The Morgan fingerprint density at radius 2 is 1.88 bits per heavy atom. The van der Waals surface area contributed by atoms with Crippen molar-refractivity contribution in [1.82, 2.24) is 0 Å². The van der Waals surface area contributed by atoms with Crippen LogP contribution in [0.25, 0.3) is 0 Å². The van der Waals surface area contributed by atoms with E-state index < -0.39 is 11.7 Å². The predicted molar refractivity (Wildman–Crippen MR) is 96.1 cm³/mol. The van der Waals surface area contributed by atoms with Gasteiger partial charge in [0.25, 0.3) is 0 Å². The Kier molecular flexibility index (Phi) is 6.44. The molecule has 0 atom stereocenters. The molecule has 0 radical (unpaired) electrons. The molecule has 0 heterocycles. The zero-order valence-corrected chi connectivity index (χ0v) is 14.7. The zero-order chi connectivity index (χ0) is 17.6. The lowest BCUT2D eigenvalue weighted by atomic mass is 10.1. The topological polar surface area (TPSA) is 50.7 Å². The highest BCUT2D eigenvalue weighted by Crippen LogP contribution is 2.31. The van der Waals surface area contributed by atoms with E-state index in [9.17, 15) is 13.2 Å². The second-order valence-corrected chi connectivity index (χ2v) is 6.54. The van der Waals surface area contributed by atoms with E-state index in [1.54, 1.807) is 0 Å². The highest BCUT2D eigenvalue weighted by atomic mass is 79.9. The molecule has 0 spiro atoms. The van der Waals surface area contributed by atoms with Gasteiger partial charge >= 0.3 is 6.18 Å². The maximum absolute atomic E-state index is 12.6. The number of thioether (sulfide) groups is 1. The van der Waals surface area contributed by atoms with Crippen LogP contribution < -0.4 is 5.73 Å². The Morgan fingerprint density at radius 3 is 2.50 bits per heavy atom. The number of hydrogen-bond donors (Lipinski definition) is 1. The Labute approximate surface area is 150 Å². The van der Waals surface area contributed by atoms with E-state index in [-0.39, 0.29) is 9.64 Å². The van der Waals surface area contributed by atoms with Crippen molar-refractivity contribution in [2.45, 2.75) is 11.9 Å². The van der Waals surface area contributed by atoms with Gasteiger partial charge in [-0.05, 0) is 17.7 Å². The van der Waals surface area contributed by atoms with E-state index in [1.165, 1.54) is 24.0 Å². The first-order chi connectivity index (χ1) is 11.4. The van der Waals surface area contributed by atoms with E-state index in [0.717, 1.165) is 17.7 Å². The van der Waals surface area contributed by atoms with Crippen LogP contribution in [0.5, 0.6) is 0 Å². The van der Waals surface area contributed by atoms with Crippen molar-refractivity contribution in [2.24, 2.45) is 15.9 Å². The molecular weight excluding hydrogens is 403 g/mol. The molecule has 3 nitrogen and oxygen atoms in total. The third kappa shape index (κ3) is 5.68. The van der Waals surface area contributed by atoms with E-state index in [1.807, 2.05) is 30.3 Å². The van der Waals surface area contributed by atoms with Crippen molar-refractivity contribution in [2.75, 3.05) is 0 Å². The van der Waals surface area contributed by atoms with Crippen molar-refractivity contribution in [1.29, 1.82) is 0 Å². The van der Waals surface area contributed by atoms with Gasteiger partial charge in [-0.2, -0.15) is 18.3 Å². The third-order valence-electron chi connectivity index (χ3n) is 2.91. The molecular formula is C16H13BrF3N3S. The van der Waals surface area contributed by atoms with Gasteiger partial charge in [0, 0.05) is 15.8 Å². The third-order valence-corrected chi connectivity index (χ3v) is 4.45. The lowest BCUT2D eigenvalue weighted by molar-refractivity contribution is -0.137. The molecule has 2 aromatic carbocycles. The normalized spacial score (nSPS) is 12.8. The Morgan fingerprint density at radius 1 is 1.17 bits per heavy atom. The molecule has 0 bridgehead atoms. The molecule has 0 aliphatic heterocycles. The number of rotatable bonds is 4. The zero-order valence-electron chi connectivity index (χ0n) is 12.3.